The first-order valence-electron chi connectivity index (χ1n) is 2.61. The van der Waals surface area contributed by atoms with Gasteiger partial charge in [-0.1, -0.05) is 6.07 Å². The zero-order chi connectivity index (χ0) is 7.56. The van der Waals surface area contributed by atoms with E-state index in [1.165, 1.54) is 6.07 Å². The largest absolute Gasteiger partial charge is 0.489 e. The zero-order valence-corrected chi connectivity index (χ0v) is 6.69. The molecule has 0 amide bonds. The predicted octanol–water partition coefficient (Wildman–Crippen LogP) is 2.76. The van der Waals surface area contributed by atoms with Gasteiger partial charge in [-0.3, -0.25) is 0 Å². The fourth-order valence-corrected chi connectivity index (χ4v) is 0.974. The second-order valence-electron chi connectivity index (χ2n) is 1.70. The van der Waals surface area contributed by atoms with E-state index in [0.717, 1.165) is 0 Å². The van der Waals surface area contributed by atoms with Gasteiger partial charge in [-0.2, -0.15) is 0 Å². The van der Waals surface area contributed by atoms with Gasteiger partial charge in [0.25, 0.3) is 0 Å². The van der Waals surface area contributed by atoms with Crippen molar-refractivity contribution < 1.29 is 9.13 Å². The second-order valence-corrected chi connectivity index (χ2v) is 2.49. The van der Waals surface area contributed by atoms with Crippen LogP contribution >= 0.6 is 15.9 Å². The van der Waals surface area contributed by atoms with Gasteiger partial charge in [-0.05, 0) is 28.1 Å². The minimum absolute atomic E-state index is 0.310. The number of hydrogen-bond acceptors (Lipinski definition) is 1. The van der Waals surface area contributed by atoms with Gasteiger partial charge in [0.05, 0.1) is 4.47 Å². The Morgan fingerprint density at radius 1 is 1.50 bits per heavy atom. The summed E-state index contributed by atoms with van der Waals surface area (Å²) in [6.07, 6.45) is 0. The summed E-state index contributed by atoms with van der Waals surface area (Å²) in [5, 5.41) is 0. The van der Waals surface area contributed by atoms with Crippen LogP contribution in [-0.4, -0.2) is 0 Å². The molecule has 3 heteroatoms. The van der Waals surface area contributed by atoms with Crippen LogP contribution in [0.2, 0.25) is 0 Å². The molecule has 1 aromatic rings. The van der Waals surface area contributed by atoms with Crippen LogP contribution in [0.15, 0.2) is 22.7 Å². The molecule has 0 unspecified atom stereocenters. The van der Waals surface area contributed by atoms with Crippen molar-refractivity contribution in [2.75, 3.05) is 0 Å². The molecular formula is C7H5BrFO. The number of halogens is 2. The SMILES string of the molecule is [CH2]Oc1cccc(F)c1Br. The normalized spacial score (nSPS) is 9.50. The van der Waals surface area contributed by atoms with Crippen molar-refractivity contribution in [1.82, 2.24) is 0 Å². The van der Waals surface area contributed by atoms with Gasteiger partial charge in [-0.15, -0.1) is 0 Å². The molecule has 1 radical (unpaired) electrons. The van der Waals surface area contributed by atoms with Crippen molar-refractivity contribution in [1.29, 1.82) is 0 Å². The van der Waals surface area contributed by atoms with Crippen molar-refractivity contribution in [3.8, 4) is 5.75 Å². The lowest BCUT2D eigenvalue weighted by Crippen LogP contribution is -1.83. The molecule has 0 aromatic heterocycles. The predicted molar refractivity (Wildman–Crippen MR) is 40.1 cm³/mol. The summed E-state index contributed by atoms with van der Waals surface area (Å²) >= 11 is 3.00. The smallest absolute Gasteiger partial charge is 0.141 e. The number of rotatable bonds is 1. The number of hydrogen-bond donors (Lipinski definition) is 0. The average molecular weight is 204 g/mol. The highest BCUT2D eigenvalue weighted by Crippen LogP contribution is 2.26. The highest BCUT2D eigenvalue weighted by atomic mass is 79.9. The lowest BCUT2D eigenvalue weighted by Gasteiger charge is -2.00. The van der Waals surface area contributed by atoms with Crippen LogP contribution in [0.4, 0.5) is 4.39 Å². The van der Waals surface area contributed by atoms with Crippen LogP contribution in [0.5, 0.6) is 5.75 Å². The Morgan fingerprint density at radius 2 is 2.20 bits per heavy atom. The summed E-state index contributed by atoms with van der Waals surface area (Å²) in [7, 11) is 3.16. The van der Waals surface area contributed by atoms with Crippen LogP contribution in [0.1, 0.15) is 0 Å². The Labute approximate surface area is 66.9 Å². The first-order valence-corrected chi connectivity index (χ1v) is 3.41. The minimum atomic E-state index is -0.346. The number of ether oxygens (including phenoxy) is 1. The maximum Gasteiger partial charge on any atom is 0.141 e. The maximum absolute atomic E-state index is 12.6. The molecule has 0 spiro atoms. The van der Waals surface area contributed by atoms with Gasteiger partial charge in [0.2, 0.25) is 0 Å². The van der Waals surface area contributed by atoms with Gasteiger partial charge in [0.1, 0.15) is 18.7 Å². The molecule has 0 heterocycles. The summed E-state index contributed by atoms with van der Waals surface area (Å²) in [6, 6.07) is 4.52. The van der Waals surface area contributed by atoms with Crippen LogP contribution in [-0.2, 0) is 0 Å². The molecular weight excluding hydrogens is 199 g/mol. The molecule has 53 valence electrons. The number of benzene rings is 1. The molecule has 1 nitrogen and oxygen atoms in total. The molecule has 0 N–H and O–H groups in total. The third-order valence-corrected chi connectivity index (χ3v) is 1.84. The molecule has 0 bridgehead atoms. The molecule has 1 rings (SSSR count). The van der Waals surface area contributed by atoms with E-state index in [1.54, 1.807) is 12.1 Å². The standard InChI is InChI=1S/C7H5BrFO/c1-10-6-4-2-3-5(9)7(6)8/h2-4H,1H2. The van der Waals surface area contributed by atoms with E-state index in [2.05, 4.69) is 27.8 Å². The molecule has 0 saturated heterocycles. The van der Waals surface area contributed by atoms with Crippen LogP contribution < -0.4 is 4.74 Å². The minimum Gasteiger partial charge on any atom is -0.489 e. The Kier molecular flexibility index (Phi) is 2.27. The second kappa shape index (κ2) is 3.01. The fourth-order valence-electron chi connectivity index (χ4n) is 0.595. The Hall–Kier alpha value is -0.570. The first-order chi connectivity index (χ1) is 4.75. The molecule has 1 aromatic carbocycles. The third kappa shape index (κ3) is 1.29. The Bertz CT molecular complexity index is 237. The van der Waals surface area contributed by atoms with Gasteiger partial charge in [0.15, 0.2) is 0 Å². The highest BCUT2D eigenvalue weighted by molar-refractivity contribution is 9.10. The molecule has 10 heavy (non-hydrogen) atoms. The van der Waals surface area contributed by atoms with Crippen molar-refractivity contribution in [2.45, 2.75) is 0 Å². The van der Waals surface area contributed by atoms with Crippen molar-refractivity contribution in [3.05, 3.63) is 35.6 Å². The van der Waals surface area contributed by atoms with Crippen molar-refractivity contribution in [3.63, 3.8) is 0 Å². The van der Waals surface area contributed by atoms with Gasteiger partial charge < -0.3 is 4.74 Å². The average Bonchev–Trinajstić information content (AvgIpc) is 1.95. The van der Waals surface area contributed by atoms with Crippen LogP contribution in [0, 0.1) is 12.9 Å². The quantitative estimate of drug-likeness (QED) is 0.683. The third-order valence-electron chi connectivity index (χ3n) is 1.07. The topological polar surface area (TPSA) is 9.23 Å². The molecule has 0 saturated carbocycles. The lowest BCUT2D eigenvalue weighted by atomic mass is 10.3. The fraction of sp³-hybridized carbons (Fsp3) is 0. The summed E-state index contributed by atoms with van der Waals surface area (Å²) in [5.41, 5.74) is 0. The highest BCUT2D eigenvalue weighted by Gasteiger charge is 2.02. The van der Waals surface area contributed by atoms with E-state index < -0.39 is 0 Å². The van der Waals surface area contributed by atoms with Crippen LogP contribution in [0.3, 0.4) is 0 Å². The molecule has 0 aliphatic carbocycles. The van der Waals surface area contributed by atoms with E-state index in [-0.39, 0.29) is 5.82 Å². The van der Waals surface area contributed by atoms with Crippen LogP contribution in [0.25, 0.3) is 0 Å². The van der Waals surface area contributed by atoms with Gasteiger partial charge >= 0.3 is 0 Å². The van der Waals surface area contributed by atoms with E-state index in [4.69, 9.17) is 0 Å². The molecule has 0 aliphatic heterocycles. The Balaban J connectivity index is 3.14. The van der Waals surface area contributed by atoms with Gasteiger partial charge in [0, 0.05) is 0 Å². The van der Waals surface area contributed by atoms with Crippen molar-refractivity contribution >= 4 is 15.9 Å². The van der Waals surface area contributed by atoms with Crippen molar-refractivity contribution in [2.24, 2.45) is 0 Å². The summed E-state index contributed by atoms with van der Waals surface area (Å²) in [5.74, 6) is 0.0566. The molecule has 0 atom stereocenters. The molecule has 0 fully saturated rings. The first kappa shape index (κ1) is 7.54. The van der Waals surface area contributed by atoms with E-state index in [9.17, 15) is 4.39 Å². The monoisotopic (exact) mass is 203 g/mol. The summed E-state index contributed by atoms with van der Waals surface area (Å²) in [6.45, 7) is 0. The van der Waals surface area contributed by atoms with Gasteiger partial charge in [-0.25, -0.2) is 4.39 Å². The summed E-state index contributed by atoms with van der Waals surface area (Å²) < 4.78 is 17.5. The van der Waals surface area contributed by atoms with E-state index >= 15 is 0 Å². The maximum atomic E-state index is 12.6. The zero-order valence-electron chi connectivity index (χ0n) is 5.10. The lowest BCUT2D eigenvalue weighted by molar-refractivity contribution is 0.463. The van der Waals surface area contributed by atoms with E-state index in [1.807, 2.05) is 0 Å². The summed E-state index contributed by atoms with van der Waals surface area (Å²) in [4.78, 5) is 0. The van der Waals surface area contributed by atoms with E-state index in [0.29, 0.717) is 10.2 Å². The Morgan fingerprint density at radius 3 is 2.70 bits per heavy atom. The molecule has 0 aliphatic rings.